The Morgan fingerprint density at radius 2 is 1.71 bits per heavy atom. The summed E-state index contributed by atoms with van der Waals surface area (Å²) in [5, 5.41) is 9.74. The number of likely N-dealkylation sites (N-methyl/N-ethyl adjacent to an activating group) is 3. The molecule has 0 atom stereocenters. The first-order valence-electron chi connectivity index (χ1n) is 6.97. The van der Waals surface area contributed by atoms with Gasteiger partial charge in [-0.15, -0.1) is 0 Å². The maximum Gasteiger partial charge on any atom is 0.132 e. The highest BCUT2D eigenvalue weighted by Crippen LogP contribution is 2.18. The zero-order chi connectivity index (χ0) is 15.3. The van der Waals surface area contributed by atoms with Crippen molar-refractivity contribution in [3.05, 3.63) is 59.6 Å². The van der Waals surface area contributed by atoms with Crippen molar-refractivity contribution in [2.24, 2.45) is 0 Å². The van der Waals surface area contributed by atoms with Gasteiger partial charge in [0, 0.05) is 31.1 Å². The predicted molar refractivity (Wildman–Crippen MR) is 87.0 cm³/mol. The third-order valence-electron chi connectivity index (χ3n) is 3.62. The molecule has 1 aromatic rings. The summed E-state index contributed by atoms with van der Waals surface area (Å²) in [6.07, 6.45) is 5.98. The van der Waals surface area contributed by atoms with Crippen LogP contribution in [0, 0.1) is 18.9 Å². The molecule has 1 aromatic carbocycles. The van der Waals surface area contributed by atoms with Gasteiger partial charge in [-0.1, -0.05) is 17.7 Å². The molecule has 0 spiro atoms. The molecule has 0 amide bonds. The molecule has 1 aliphatic rings. The zero-order valence-corrected chi connectivity index (χ0v) is 13.0. The molecule has 1 heterocycles. The van der Waals surface area contributed by atoms with Crippen molar-refractivity contribution < 1.29 is 0 Å². The van der Waals surface area contributed by atoms with Crippen LogP contribution in [-0.2, 0) is 0 Å². The van der Waals surface area contributed by atoms with Crippen LogP contribution in [0.4, 0.5) is 0 Å². The Balaban J connectivity index is 2.21. The van der Waals surface area contributed by atoms with Gasteiger partial charge < -0.3 is 5.32 Å². The normalized spacial score (nSPS) is 16.0. The van der Waals surface area contributed by atoms with E-state index in [1.807, 2.05) is 56.7 Å². The minimum absolute atomic E-state index is 0.378. The quantitative estimate of drug-likeness (QED) is 0.578. The fraction of sp³-hybridized carbons (Fsp3) is 0.294. The van der Waals surface area contributed by atoms with Crippen molar-refractivity contribution in [3.8, 4) is 12.0 Å². The lowest BCUT2D eigenvalue weighted by atomic mass is 10.0. The number of nitrogens with one attached hydrogen (secondary N) is 3. The van der Waals surface area contributed by atoms with Crippen molar-refractivity contribution in [2.75, 3.05) is 21.1 Å². The van der Waals surface area contributed by atoms with Crippen LogP contribution in [0.1, 0.15) is 11.1 Å². The van der Waals surface area contributed by atoms with Crippen molar-refractivity contribution in [1.82, 2.24) is 20.9 Å². The van der Waals surface area contributed by atoms with Crippen LogP contribution in [0.15, 0.2) is 48.4 Å². The number of nitrogens with zero attached hydrogens (tertiary/aromatic N) is 1. The number of aryl methyl sites for hydroxylation is 1. The molecular weight excluding hydrogens is 260 g/mol. The van der Waals surface area contributed by atoms with E-state index in [9.17, 15) is 0 Å². The van der Waals surface area contributed by atoms with Crippen molar-refractivity contribution in [3.63, 3.8) is 0 Å². The minimum atomic E-state index is -0.378. The van der Waals surface area contributed by atoms with E-state index < -0.39 is 0 Å². The van der Waals surface area contributed by atoms with Gasteiger partial charge in [-0.05, 0) is 45.1 Å². The molecule has 21 heavy (non-hydrogen) atoms. The Labute approximate surface area is 126 Å². The number of hydrogen-bond donors (Lipinski definition) is 3. The van der Waals surface area contributed by atoms with Gasteiger partial charge in [0.2, 0.25) is 0 Å². The molecule has 110 valence electrons. The van der Waals surface area contributed by atoms with Crippen LogP contribution < -0.4 is 16.0 Å². The standard InChI is InChI=1S/C17H22N4/c1-14-5-7-15(8-6-14)9-11-21-12-10-17(19-3,20-4)16(13-21)18-2/h5-8,10,12-13,18-20H,1-4H3. The maximum atomic E-state index is 3.27. The molecule has 0 saturated heterocycles. The Hall–Kier alpha value is -2.22. The number of hydrogen-bond acceptors (Lipinski definition) is 4. The van der Waals surface area contributed by atoms with Gasteiger partial charge in [-0.3, -0.25) is 15.5 Å². The maximum absolute atomic E-state index is 3.27. The van der Waals surface area contributed by atoms with E-state index in [-0.39, 0.29) is 5.66 Å². The van der Waals surface area contributed by atoms with Gasteiger partial charge >= 0.3 is 0 Å². The van der Waals surface area contributed by atoms with Gasteiger partial charge in [0.1, 0.15) is 5.66 Å². The van der Waals surface area contributed by atoms with E-state index >= 15 is 0 Å². The van der Waals surface area contributed by atoms with E-state index in [4.69, 9.17) is 0 Å². The second-order valence-corrected chi connectivity index (χ2v) is 4.93. The third-order valence-corrected chi connectivity index (χ3v) is 3.62. The van der Waals surface area contributed by atoms with Crippen molar-refractivity contribution in [1.29, 1.82) is 0 Å². The third kappa shape index (κ3) is 3.27. The van der Waals surface area contributed by atoms with Gasteiger partial charge in [0.05, 0.1) is 5.70 Å². The van der Waals surface area contributed by atoms with Gasteiger partial charge in [0.25, 0.3) is 0 Å². The summed E-state index contributed by atoms with van der Waals surface area (Å²) in [4.78, 5) is 1.86. The molecule has 4 heteroatoms. The fourth-order valence-electron chi connectivity index (χ4n) is 2.22. The predicted octanol–water partition coefficient (Wildman–Crippen LogP) is 1.33. The Kier molecular flexibility index (Phi) is 4.69. The molecule has 0 aromatic heterocycles. The van der Waals surface area contributed by atoms with Crippen LogP contribution in [0.25, 0.3) is 0 Å². The first-order chi connectivity index (χ1) is 10.1. The molecule has 0 radical (unpaired) electrons. The van der Waals surface area contributed by atoms with E-state index in [0.29, 0.717) is 0 Å². The van der Waals surface area contributed by atoms with Gasteiger partial charge in [-0.2, -0.15) is 0 Å². The van der Waals surface area contributed by atoms with Crippen LogP contribution in [0.3, 0.4) is 0 Å². The Morgan fingerprint density at radius 1 is 1.05 bits per heavy atom. The topological polar surface area (TPSA) is 39.3 Å². The molecule has 0 fully saturated rings. The molecule has 3 N–H and O–H groups in total. The summed E-state index contributed by atoms with van der Waals surface area (Å²) >= 11 is 0. The van der Waals surface area contributed by atoms with Crippen molar-refractivity contribution in [2.45, 2.75) is 12.6 Å². The van der Waals surface area contributed by atoms with Crippen LogP contribution >= 0.6 is 0 Å². The fourth-order valence-corrected chi connectivity index (χ4v) is 2.22. The lowest BCUT2D eigenvalue weighted by Gasteiger charge is -2.36. The highest BCUT2D eigenvalue weighted by Gasteiger charge is 2.30. The summed E-state index contributed by atoms with van der Waals surface area (Å²) < 4.78 is 0. The second kappa shape index (κ2) is 6.49. The van der Waals surface area contributed by atoms with Gasteiger partial charge in [-0.25, -0.2) is 0 Å². The molecule has 1 aliphatic heterocycles. The van der Waals surface area contributed by atoms with Crippen molar-refractivity contribution >= 4 is 0 Å². The SMILES string of the molecule is CNC1=CN(C#Cc2ccc(C)cc2)C=CC1(NC)NC. The summed E-state index contributed by atoms with van der Waals surface area (Å²) in [7, 11) is 5.74. The van der Waals surface area contributed by atoms with Crippen LogP contribution in [0.5, 0.6) is 0 Å². The lowest BCUT2D eigenvalue weighted by molar-refractivity contribution is 0.397. The lowest BCUT2D eigenvalue weighted by Crippen LogP contribution is -2.57. The van der Waals surface area contributed by atoms with E-state index in [1.54, 1.807) is 0 Å². The minimum Gasteiger partial charge on any atom is -0.387 e. The first-order valence-corrected chi connectivity index (χ1v) is 6.97. The first kappa shape index (κ1) is 15.2. The van der Waals surface area contributed by atoms with Crippen LogP contribution in [-0.4, -0.2) is 31.7 Å². The molecule has 0 saturated carbocycles. The molecular formula is C17H22N4. The number of rotatable bonds is 3. The molecule has 4 nitrogen and oxygen atoms in total. The monoisotopic (exact) mass is 282 g/mol. The number of benzene rings is 1. The smallest absolute Gasteiger partial charge is 0.132 e. The molecule has 0 bridgehead atoms. The van der Waals surface area contributed by atoms with E-state index in [2.05, 4.69) is 47.0 Å². The highest BCUT2D eigenvalue weighted by atomic mass is 15.2. The summed E-state index contributed by atoms with van der Waals surface area (Å²) in [6.45, 7) is 2.07. The van der Waals surface area contributed by atoms with E-state index in [1.165, 1.54) is 5.56 Å². The largest absolute Gasteiger partial charge is 0.387 e. The zero-order valence-electron chi connectivity index (χ0n) is 13.0. The molecule has 0 unspecified atom stereocenters. The summed E-state index contributed by atoms with van der Waals surface area (Å²) in [6, 6.07) is 11.3. The summed E-state index contributed by atoms with van der Waals surface area (Å²) in [5.74, 6) is 3.16. The highest BCUT2D eigenvalue weighted by molar-refractivity contribution is 5.38. The molecule has 2 rings (SSSR count). The van der Waals surface area contributed by atoms with E-state index in [0.717, 1.165) is 11.3 Å². The van der Waals surface area contributed by atoms with Crippen LogP contribution in [0.2, 0.25) is 0 Å². The average Bonchev–Trinajstić information content (AvgIpc) is 2.54. The van der Waals surface area contributed by atoms with Gasteiger partial charge in [0.15, 0.2) is 0 Å². The Morgan fingerprint density at radius 3 is 2.29 bits per heavy atom. The Bertz CT molecular complexity index is 598. The summed E-state index contributed by atoms with van der Waals surface area (Å²) in [5.41, 5.74) is 2.88. The molecule has 0 aliphatic carbocycles. The second-order valence-electron chi connectivity index (χ2n) is 4.93. The average molecular weight is 282 g/mol.